The summed E-state index contributed by atoms with van der Waals surface area (Å²) in [5.74, 6) is 6.91. The number of hydrogen-bond acceptors (Lipinski definition) is 6. The van der Waals surface area contributed by atoms with Gasteiger partial charge in [0.15, 0.2) is 17.5 Å². The first-order valence-electron chi connectivity index (χ1n) is 21.7. The zero-order valence-electron chi connectivity index (χ0n) is 33.3. The third-order valence-electron chi connectivity index (χ3n) is 14.8. The summed E-state index contributed by atoms with van der Waals surface area (Å²) in [5.41, 5.74) is 12.4. The Bertz CT molecular complexity index is 3250. The van der Waals surface area contributed by atoms with Gasteiger partial charge in [-0.2, -0.15) is 0 Å². The maximum Gasteiger partial charge on any atom is 0.164 e. The molecule has 2 aromatic heterocycles. The average molecular weight is 806 g/mol. The van der Waals surface area contributed by atoms with Gasteiger partial charge in [0, 0.05) is 38.4 Å². The van der Waals surface area contributed by atoms with Crippen molar-refractivity contribution in [2.75, 3.05) is 0 Å². The van der Waals surface area contributed by atoms with Gasteiger partial charge in [-0.25, -0.2) is 15.0 Å². The number of benzene rings is 7. The van der Waals surface area contributed by atoms with Crippen molar-refractivity contribution >= 4 is 33.7 Å². The second-order valence-corrected chi connectivity index (χ2v) is 19.0. The van der Waals surface area contributed by atoms with Crippen molar-refractivity contribution in [3.8, 4) is 67.9 Å². The Morgan fingerprint density at radius 1 is 0.475 bits per heavy atom. The van der Waals surface area contributed by atoms with E-state index in [9.17, 15) is 0 Å². The fourth-order valence-electron chi connectivity index (χ4n) is 12.5. The maximum absolute atomic E-state index is 7.04. The van der Waals surface area contributed by atoms with E-state index in [0.717, 1.165) is 73.1 Å². The molecule has 0 unspecified atom stereocenters. The minimum absolute atomic E-state index is 0.106. The predicted octanol–water partition coefficient (Wildman–Crippen LogP) is 14.4. The van der Waals surface area contributed by atoms with Crippen molar-refractivity contribution in [3.63, 3.8) is 0 Å². The summed E-state index contributed by atoms with van der Waals surface area (Å²) in [6, 6.07) is 53.9. The Labute approximate surface area is 357 Å². The number of ether oxygens (including phenoxy) is 1. The van der Waals surface area contributed by atoms with E-state index in [1.54, 1.807) is 0 Å². The standard InChI is InChI=1S/C55H39N3O2S/c1-2-8-34(9-3-1)52-56-53(35-16-14-33(15-17-35)36-18-21-42-41-10-4-5-11-45(41)59-47(42)30-36)58-54(57-52)37-19-20-40-43-22-23-49-51(60-46-12-6-7-13-48(46)61-49)50(43)55(44(40)29-37)38-25-31-24-32(27-38)28-39(55)26-31/h1-23,29-32,38-39H,24-28H2. The lowest BCUT2D eigenvalue weighted by Crippen LogP contribution is -2.55. The van der Waals surface area contributed by atoms with Crippen LogP contribution in [0.1, 0.15) is 43.2 Å². The third-order valence-corrected chi connectivity index (χ3v) is 15.9. The molecule has 4 saturated carbocycles. The Morgan fingerprint density at radius 2 is 1.10 bits per heavy atom. The van der Waals surface area contributed by atoms with Crippen LogP contribution in [0.25, 0.3) is 78.4 Å². The number of hydrogen-bond donors (Lipinski definition) is 0. The van der Waals surface area contributed by atoms with Crippen LogP contribution in [0.2, 0.25) is 0 Å². The van der Waals surface area contributed by atoms with Crippen LogP contribution in [0.3, 0.4) is 0 Å². The van der Waals surface area contributed by atoms with Crippen molar-refractivity contribution in [1.29, 1.82) is 0 Å². The molecule has 0 atom stereocenters. The molecule has 4 bridgehead atoms. The van der Waals surface area contributed by atoms with Crippen molar-refractivity contribution in [3.05, 3.63) is 163 Å². The number of fused-ring (bicyclic) bond motifs is 9. The molecular weight excluding hydrogens is 767 g/mol. The lowest BCUT2D eigenvalue weighted by molar-refractivity contribution is -0.0406. The van der Waals surface area contributed by atoms with Crippen LogP contribution in [0.4, 0.5) is 0 Å². The van der Waals surface area contributed by atoms with Crippen molar-refractivity contribution in [2.24, 2.45) is 23.7 Å². The van der Waals surface area contributed by atoms with Crippen LogP contribution in [0, 0.1) is 23.7 Å². The molecule has 9 aromatic rings. The van der Waals surface area contributed by atoms with Gasteiger partial charge in [0.1, 0.15) is 22.7 Å². The molecule has 4 fully saturated rings. The molecule has 0 N–H and O–H groups in total. The molecule has 6 heteroatoms. The van der Waals surface area contributed by atoms with Gasteiger partial charge in [-0.3, -0.25) is 0 Å². The van der Waals surface area contributed by atoms with E-state index in [4.69, 9.17) is 24.1 Å². The topological polar surface area (TPSA) is 61.0 Å². The van der Waals surface area contributed by atoms with Gasteiger partial charge in [-0.15, -0.1) is 0 Å². The number of aromatic nitrogens is 3. The van der Waals surface area contributed by atoms with E-state index in [2.05, 4.69) is 121 Å². The van der Waals surface area contributed by atoms with Crippen LogP contribution in [0.15, 0.2) is 166 Å². The first kappa shape index (κ1) is 34.2. The van der Waals surface area contributed by atoms with E-state index in [0.29, 0.717) is 29.3 Å². The Morgan fingerprint density at radius 3 is 1.90 bits per heavy atom. The lowest BCUT2D eigenvalue weighted by atomic mass is 9.43. The predicted molar refractivity (Wildman–Crippen MR) is 243 cm³/mol. The molecule has 15 rings (SSSR count). The molecule has 6 aliphatic rings. The molecule has 61 heavy (non-hydrogen) atoms. The van der Waals surface area contributed by atoms with E-state index in [1.165, 1.54) is 64.1 Å². The second kappa shape index (κ2) is 12.8. The molecule has 5 aliphatic carbocycles. The first-order chi connectivity index (χ1) is 30.1. The summed E-state index contributed by atoms with van der Waals surface area (Å²) in [6.45, 7) is 0. The molecule has 7 aromatic carbocycles. The molecule has 0 amide bonds. The smallest absolute Gasteiger partial charge is 0.164 e. The van der Waals surface area contributed by atoms with Crippen molar-refractivity contribution in [1.82, 2.24) is 15.0 Å². The molecule has 292 valence electrons. The first-order valence-corrected chi connectivity index (χ1v) is 22.6. The second-order valence-electron chi connectivity index (χ2n) is 18.0. The quantitative estimate of drug-likeness (QED) is 0.177. The van der Waals surface area contributed by atoms with Crippen LogP contribution in [0.5, 0.6) is 11.5 Å². The lowest BCUT2D eigenvalue weighted by Gasteiger charge is -2.61. The van der Waals surface area contributed by atoms with Gasteiger partial charge in [-0.05, 0) is 126 Å². The van der Waals surface area contributed by atoms with Gasteiger partial charge in [0.05, 0.1) is 9.79 Å². The van der Waals surface area contributed by atoms with Gasteiger partial charge < -0.3 is 9.15 Å². The minimum atomic E-state index is -0.106. The average Bonchev–Trinajstić information content (AvgIpc) is 3.83. The molecular formula is C55H39N3O2S. The molecule has 0 saturated heterocycles. The highest BCUT2D eigenvalue weighted by Gasteiger charge is 2.63. The Hall–Kier alpha value is -6.50. The van der Waals surface area contributed by atoms with Crippen molar-refractivity contribution in [2.45, 2.75) is 47.3 Å². The van der Waals surface area contributed by atoms with Crippen LogP contribution in [-0.4, -0.2) is 15.0 Å². The molecule has 3 heterocycles. The largest absolute Gasteiger partial charge is 0.456 e. The molecule has 1 spiro atoms. The summed E-state index contributed by atoms with van der Waals surface area (Å²) in [5, 5.41) is 2.27. The highest BCUT2D eigenvalue weighted by Crippen LogP contribution is 2.72. The van der Waals surface area contributed by atoms with Crippen LogP contribution >= 0.6 is 11.8 Å². The highest BCUT2D eigenvalue weighted by atomic mass is 32.2. The van der Waals surface area contributed by atoms with E-state index in [1.807, 2.05) is 42.1 Å². The maximum atomic E-state index is 7.04. The summed E-state index contributed by atoms with van der Waals surface area (Å²) >= 11 is 1.86. The Balaban J connectivity index is 0.901. The van der Waals surface area contributed by atoms with Crippen LogP contribution in [-0.2, 0) is 5.41 Å². The normalized spacial score (nSPS) is 22.6. The SMILES string of the molecule is c1ccc(-c2nc(-c3ccc(-c4ccc5c(c4)oc4ccccc45)cc3)nc(-c3ccc4c(c3)C3(c5c-4ccc4c5Oc5ccccc5S4)C4CC5CC(C4)CC3C5)n2)cc1. The Kier molecular flexibility index (Phi) is 7.16. The summed E-state index contributed by atoms with van der Waals surface area (Å²) < 4.78 is 13.3. The summed E-state index contributed by atoms with van der Waals surface area (Å²) in [4.78, 5) is 18.1. The fourth-order valence-corrected chi connectivity index (χ4v) is 13.4. The molecule has 0 radical (unpaired) electrons. The highest BCUT2D eigenvalue weighted by molar-refractivity contribution is 7.99. The van der Waals surface area contributed by atoms with E-state index in [-0.39, 0.29) is 5.41 Å². The molecule has 1 aliphatic heterocycles. The van der Waals surface area contributed by atoms with Crippen LogP contribution < -0.4 is 4.74 Å². The van der Waals surface area contributed by atoms with E-state index < -0.39 is 0 Å². The third kappa shape index (κ3) is 5.00. The van der Waals surface area contributed by atoms with Gasteiger partial charge in [-0.1, -0.05) is 121 Å². The fraction of sp³-hybridized carbons (Fsp3) is 0.182. The summed E-state index contributed by atoms with van der Waals surface area (Å²) in [6.07, 6.45) is 6.57. The number of para-hydroxylation sites is 2. The summed E-state index contributed by atoms with van der Waals surface area (Å²) in [7, 11) is 0. The van der Waals surface area contributed by atoms with Gasteiger partial charge in [0.25, 0.3) is 0 Å². The number of nitrogens with zero attached hydrogens (tertiary/aromatic N) is 3. The zero-order chi connectivity index (χ0) is 39.8. The molecule has 5 nitrogen and oxygen atoms in total. The zero-order valence-corrected chi connectivity index (χ0v) is 34.2. The van der Waals surface area contributed by atoms with Gasteiger partial charge in [0.2, 0.25) is 0 Å². The number of furan rings is 1. The monoisotopic (exact) mass is 805 g/mol. The number of rotatable bonds is 4. The minimum Gasteiger partial charge on any atom is -0.456 e. The van der Waals surface area contributed by atoms with Gasteiger partial charge >= 0.3 is 0 Å². The van der Waals surface area contributed by atoms with E-state index >= 15 is 0 Å². The van der Waals surface area contributed by atoms with Crippen molar-refractivity contribution < 1.29 is 9.15 Å².